The van der Waals surface area contributed by atoms with Crippen molar-refractivity contribution in [3.8, 4) is 0 Å². The van der Waals surface area contributed by atoms with Crippen molar-refractivity contribution in [2.45, 2.75) is 45.2 Å². The molecule has 0 amide bonds. The molecule has 0 aliphatic heterocycles. The fourth-order valence-corrected chi connectivity index (χ4v) is 2.55. The van der Waals surface area contributed by atoms with Gasteiger partial charge in [0.2, 0.25) is 0 Å². The second-order valence-corrected chi connectivity index (χ2v) is 5.29. The Morgan fingerprint density at radius 2 is 1.94 bits per heavy atom. The van der Waals surface area contributed by atoms with E-state index in [-0.39, 0.29) is 0 Å². The van der Waals surface area contributed by atoms with E-state index in [0.29, 0.717) is 12.1 Å². The zero-order chi connectivity index (χ0) is 12.3. The predicted molar refractivity (Wildman–Crippen MR) is 73.4 cm³/mol. The minimum atomic E-state index is 0.420. The van der Waals surface area contributed by atoms with Gasteiger partial charge in [0.1, 0.15) is 0 Å². The lowest BCUT2D eigenvalue weighted by molar-refractivity contribution is 0.491. The Morgan fingerprint density at radius 1 is 1.18 bits per heavy atom. The summed E-state index contributed by atoms with van der Waals surface area (Å²) >= 11 is 0. The van der Waals surface area contributed by atoms with Crippen LogP contribution in [-0.2, 0) is 12.8 Å². The quantitative estimate of drug-likeness (QED) is 0.815. The summed E-state index contributed by atoms with van der Waals surface area (Å²) in [7, 11) is 2.04. The van der Waals surface area contributed by atoms with Gasteiger partial charge in [-0.3, -0.25) is 0 Å². The van der Waals surface area contributed by atoms with E-state index >= 15 is 0 Å². The summed E-state index contributed by atoms with van der Waals surface area (Å²) in [6.45, 7) is 5.37. The second kappa shape index (κ2) is 5.65. The fraction of sp³-hybridized carbons (Fsp3) is 0.600. The number of rotatable bonds is 5. The first-order valence-electron chi connectivity index (χ1n) is 6.73. The van der Waals surface area contributed by atoms with Gasteiger partial charge >= 0.3 is 0 Å². The highest BCUT2D eigenvalue weighted by molar-refractivity contribution is 5.36. The molecule has 1 aromatic rings. The molecular formula is C15H24N2. The van der Waals surface area contributed by atoms with Crippen LogP contribution < -0.4 is 10.6 Å². The molecule has 1 aliphatic rings. The summed E-state index contributed by atoms with van der Waals surface area (Å²) in [6, 6.07) is 7.96. The zero-order valence-electron chi connectivity index (χ0n) is 11.2. The van der Waals surface area contributed by atoms with Gasteiger partial charge in [0.05, 0.1) is 0 Å². The topological polar surface area (TPSA) is 24.1 Å². The van der Waals surface area contributed by atoms with Crippen molar-refractivity contribution < 1.29 is 0 Å². The molecule has 0 spiro atoms. The monoisotopic (exact) mass is 232 g/mol. The van der Waals surface area contributed by atoms with Crippen LogP contribution in [0.2, 0.25) is 0 Å². The van der Waals surface area contributed by atoms with Crippen molar-refractivity contribution in [2.75, 3.05) is 13.6 Å². The highest BCUT2D eigenvalue weighted by Crippen LogP contribution is 2.25. The van der Waals surface area contributed by atoms with Crippen LogP contribution >= 0.6 is 0 Å². The van der Waals surface area contributed by atoms with Gasteiger partial charge in [0.15, 0.2) is 0 Å². The number of nitrogens with one attached hydrogen (secondary N) is 2. The van der Waals surface area contributed by atoms with E-state index in [4.69, 9.17) is 0 Å². The number of hydrogen-bond donors (Lipinski definition) is 2. The molecule has 0 heterocycles. The summed E-state index contributed by atoms with van der Waals surface area (Å²) < 4.78 is 0. The molecule has 0 radical (unpaired) electrons. The largest absolute Gasteiger partial charge is 0.313 e. The third-order valence-corrected chi connectivity index (χ3v) is 3.60. The third-order valence-electron chi connectivity index (χ3n) is 3.60. The number of aryl methyl sites for hydroxylation is 2. The van der Waals surface area contributed by atoms with Crippen molar-refractivity contribution in [1.82, 2.24) is 10.6 Å². The minimum Gasteiger partial charge on any atom is -0.313 e. The molecule has 1 unspecified atom stereocenters. The van der Waals surface area contributed by atoms with E-state index in [0.717, 1.165) is 6.54 Å². The first kappa shape index (κ1) is 12.6. The summed E-state index contributed by atoms with van der Waals surface area (Å²) in [5, 5.41) is 6.90. The Bertz CT molecular complexity index is 371. The van der Waals surface area contributed by atoms with E-state index in [1.165, 1.54) is 24.8 Å². The maximum atomic E-state index is 3.50. The van der Waals surface area contributed by atoms with Gasteiger partial charge < -0.3 is 10.6 Å². The molecule has 0 fully saturated rings. The lowest BCUT2D eigenvalue weighted by atomic mass is 10.0. The molecular weight excluding hydrogens is 208 g/mol. The van der Waals surface area contributed by atoms with E-state index in [9.17, 15) is 0 Å². The van der Waals surface area contributed by atoms with Crippen LogP contribution in [0.3, 0.4) is 0 Å². The SMILES string of the molecule is CNC(CNC(C)C)c1ccc2c(c1)CCC2. The Morgan fingerprint density at radius 3 is 2.65 bits per heavy atom. The maximum absolute atomic E-state index is 3.50. The first-order valence-corrected chi connectivity index (χ1v) is 6.73. The van der Waals surface area contributed by atoms with Gasteiger partial charge in [-0.2, -0.15) is 0 Å². The first-order chi connectivity index (χ1) is 8.20. The van der Waals surface area contributed by atoms with Gasteiger partial charge in [-0.05, 0) is 43.0 Å². The van der Waals surface area contributed by atoms with E-state index < -0.39 is 0 Å². The highest BCUT2D eigenvalue weighted by atomic mass is 15.0. The van der Waals surface area contributed by atoms with Crippen LogP contribution in [0.25, 0.3) is 0 Å². The molecule has 2 rings (SSSR count). The Hall–Kier alpha value is -0.860. The molecule has 0 saturated carbocycles. The molecule has 0 saturated heterocycles. The van der Waals surface area contributed by atoms with Crippen molar-refractivity contribution in [3.05, 3.63) is 34.9 Å². The molecule has 0 aromatic heterocycles. The smallest absolute Gasteiger partial charge is 0.0444 e. The molecule has 2 heteroatoms. The van der Waals surface area contributed by atoms with Crippen molar-refractivity contribution in [1.29, 1.82) is 0 Å². The van der Waals surface area contributed by atoms with Gasteiger partial charge in [0, 0.05) is 18.6 Å². The predicted octanol–water partition coefficient (Wildman–Crippen LogP) is 2.43. The number of fused-ring (bicyclic) bond motifs is 1. The van der Waals surface area contributed by atoms with Gasteiger partial charge in [-0.15, -0.1) is 0 Å². The van der Waals surface area contributed by atoms with E-state index in [1.807, 2.05) is 7.05 Å². The Kier molecular flexibility index (Phi) is 4.19. The van der Waals surface area contributed by atoms with E-state index in [1.54, 1.807) is 11.1 Å². The molecule has 1 atom stereocenters. The van der Waals surface area contributed by atoms with Crippen LogP contribution in [0.4, 0.5) is 0 Å². The summed E-state index contributed by atoms with van der Waals surface area (Å²) in [5.74, 6) is 0. The lowest BCUT2D eigenvalue weighted by Crippen LogP contribution is -2.33. The molecule has 1 aromatic carbocycles. The average molecular weight is 232 g/mol. The average Bonchev–Trinajstić information content (AvgIpc) is 2.76. The van der Waals surface area contributed by atoms with Crippen LogP contribution in [0.15, 0.2) is 18.2 Å². The van der Waals surface area contributed by atoms with Crippen LogP contribution in [0.1, 0.15) is 43.0 Å². The summed E-state index contributed by atoms with van der Waals surface area (Å²) in [5.41, 5.74) is 4.54. The summed E-state index contributed by atoms with van der Waals surface area (Å²) in [4.78, 5) is 0. The van der Waals surface area contributed by atoms with Crippen molar-refractivity contribution in [2.24, 2.45) is 0 Å². The number of hydrogen-bond acceptors (Lipinski definition) is 2. The maximum Gasteiger partial charge on any atom is 0.0444 e. The van der Waals surface area contributed by atoms with Gasteiger partial charge in [-0.25, -0.2) is 0 Å². The molecule has 2 nitrogen and oxygen atoms in total. The van der Waals surface area contributed by atoms with Crippen LogP contribution in [0, 0.1) is 0 Å². The highest BCUT2D eigenvalue weighted by Gasteiger charge is 2.15. The molecule has 1 aliphatic carbocycles. The minimum absolute atomic E-state index is 0.420. The Labute approximate surface area is 105 Å². The van der Waals surface area contributed by atoms with E-state index in [2.05, 4.69) is 42.7 Å². The number of likely N-dealkylation sites (N-methyl/N-ethyl adjacent to an activating group) is 1. The molecule has 94 valence electrons. The fourth-order valence-electron chi connectivity index (χ4n) is 2.55. The van der Waals surface area contributed by atoms with Crippen LogP contribution in [-0.4, -0.2) is 19.6 Å². The zero-order valence-corrected chi connectivity index (χ0v) is 11.2. The standard InChI is InChI=1S/C15H24N2/c1-11(2)17-10-15(16-3)14-8-7-12-5-4-6-13(12)9-14/h7-9,11,15-17H,4-6,10H2,1-3H3. The van der Waals surface area contributed by atoms with Gasteiger partial charge in [0.25, 0.3) is 0 Å². The lowest BCUT2D eigenvalue weighted by Gasteiger charge is -2.20. The molecule has 17 heavy (non-hydrogen) atoms. The van der Waals surface area contributed by atoms with Crippen LogP contribution in [0.5, 0.6) is 0 Å². The Balaban J connectivity index is 2.08. The van der Waals surface area contributed by atoms with Crippen molar-refractivity contribution >= 4 is 0 Å². The van der Waals surface area contributed by atoms with Gasteiger partial charge in [-0.1, -0.05) is 32.0 Å². The molecule has 2 N–H and O–H groups in total. The summed E-state index contributed by atoms with van der Waals surface area (Å²) in [6.07, 6.45) is 3.86. The third kappa shape index (κ3) is 3.08. The normalized spacial score (nSPS) is 16.2. The number of benzene rings is 1. The second-order valence-electron chi connectivity index (χ2n) is 5.29. The molecule has 0 bridgehead atoms. The van der Waals surface area contributed by atoms with Crippen molar-refractivity contribution in [3.63, 3.8) is 0 Å².